The number of hydrogen-bond acceptors (Lipinski definition) is 7. The quantitative estimate of drug-likeness (QED) is 0.243. The van der Waals surface area contributed by atoms with E-state index in [1.807, 2.05) is 4.90 Å². The van der Waals surface area contributed by atoms with Gasteiger partial charge in [-0.3, -0.25) is 9.69 Å². The van der Waals surface area contributed by atoms with Crippen LogP contribution in [0.4, 0.5) is 0 Å². The lowest BCUT2D eigenvalue weighted by Crippen LogP contribution is -2.34. The number of rotatable bonds is 5. The smallest absolute Gasteiger partial charge is 0.225 e. The third-order valence-electron chi connectivity index (χ3n) is 9.20. The molecule has 50 heavy (non-hydrogen) atoms. The van der Waals surface area contributed by atoms with Crippen LogP contribution in [0, 0.1) is 6.92 Å². The number of nitrogens with zero attached hydrogens (tertiary/aromatic N) is 2. The summed E-state index contributed by atoms with van der Waals surface area (Å²) >= 11 is 0. The van der Waals surface area contributed by atoms with Crippen molar-refractivity contribution in [2.75, 3.05) is 66.4 Å². The molecule has 4 bridgehead atoms. The zero-order chi connectivity index (χ0) is 34.5. The molecule has 0 fully saturated rings. The first-order chi connectivity index (χ1) is 24.5. The molecule has 4 aromatic carbocycles. The van der Waals surface area contributed by atoms with Crippen molar-refractivity contribution in [3.63, 3.8) is 0 Å². The zero-order valence-corrected chi connectivity index (χ0v) is 29.5. The van der Waals surface area contributed by atoms with Crippen LogP contribution < -0.4 is 9.47 Å². The van der Waals surface area contributed by atoms with E-state index in [4.69, 9.17) is 23.7 Å². The summed E-state index contributed by atoms with van der Waals surface area (Å²) in [5, 5.41) is 0. The number of aryl methyl sites for hydroxylation is 1. The van der Waals surface area contributed by atoms with Crippen molar-refractivity contribution in [1.82, 2.24) is 9.80 Å². The lowest BCUT2D eigenvalue weighted by atomic mass is 9.99. The van der Waals surface area contributed by atoms with Gasteiger partial charge in [0.15, 0.2) is 0 Å². The Hall–Kier alpha value is -4.21. The summed E-state index contributed by atoms with van der Waals surface area (Å²) in [7, 11) is 1.62. The summed E-state index contributed by atoms with van der Waals surface area (Å²) in [6, 6.07) is 30.4. The van der Waals surface area contributed by atoms with E-state index in [1.165, 1.54) is 33.4 Å². The SMILES string of the molecule is COCCC(=O)N1CCOCCOc2ccc(CN3CCOCCOc4ccc(C)cc4Cc4cccc(c4)C3)cc2Cc2cccc(c2)C1. The summed E-state index contributed by atoms with van der Waals surface area (Å²) < 4.78 is 29.6. The summed E-state index contributed by atoms with van der Waals surface area (Å²) in [5.74, 6) is 1.88. The monoisotopic (exact) mass is 678 g/mol. The van der Waals surface area contributed by atoms with Crippen LogP contribution in [-0.2, 0) is 51.5 Å². The molecule has 0 saturated carbocycles. The van der Waals surface area contributed by atoms with E-state index in [9.17, 15) is 4.79 Å². The molecule has 2 aliphatic heterocycles. The molecule has 0 aromatic heterocycles. The lowest BCUT2D eigenvalue weighted by Gasteiger charge is -2.25. The van der Waals surface area contributed by atoms with Gasteiger partial charge < -0.3 is 28.6 Å². The fourth-order valence-electron chi connectivity index (χ4n) is 6.70. The van der Waals surface area contributed by atoms with Crippen molar-refractivity contribution in [3.8, 4) is 11.5 Å². The van der Waals surface area contributed by atoms with Crippen molar-refractivity contribution >= 4 is 5.91 Å². The molecule has 0 unspecified atom stereocenters. The minimum Gasteiger partial charge on any atom is -0.491 e. The van der Waals surface area contributed by atoms with E-state index < -0.39 is 0 Å². The average molecular weight is 679 g/mol. The average Bonchev–Trinajstić information content (AvgIpc) is 3.11. The third-order valence-corrected chi connectivity index (χ3v) is 9.20. The number of carbonyl (C=O) groups excluding carboxylic acids is 1. The van der Waals surface area contributed by atoms with Crippen LogP contribution in [0.3, 0.4) is 0 Å². The van der Waals surface area contributed by atoms with E-state index in [2.05, 4.69) is 96.8 Å². The number of methoxy groups -OCH3 is 1. The Bertz CT molecular complexity index is 1710. The standard InChI is InChI=1S/C42H50N2O6/c1-32-9-11-40-38(23-32)26-33-5-3-7-35(24-33)29-43(14-17-47-19-21-49-40)30-37-10-12-41-39(28-37)27-34-6-4-8-36(25-34)31-44(42(45)13-16-46-2)15-18-48-20-22-50-41/h3-12,23-25,28H,13-22,26-27,29-31H2,1-2H3. The van der Waals surface area contributed by atoms with Crippen molar-refractivity contribution in [2.24, 2.45) is 0 Å². The predicted molar refractivity (Wildman–Crippen MR) is 195 cm³/mol. The van der Waals surface area contributed by atoms with E-state index in [0.29, 0.717) is 65.8 Å². The summed E-state index contributed by atoms with van der Waals surface area (Å²) in [6.45, 7) is 9.04. The number of hydrogen-bond donors (Lipinski definition) is 0. The second kappa shape index (κ2) is 18.2. The lowest BCUT2D eigenvalue weighted by molar-refractivity contribution is -0.133. The van der Waals surface area contributed by atoms with E-state index >= 15 is 0 Å². The molecule has 0 atom stereocenters. The second-order valence-electron chi connectivity index (χ2n) is 13.2. The van der Waals surface area contributed by atoms with Gasteiger partial charge in [-0.15, -0.1) is 0 Å². The maximum atomic E-state index is 12.9. The molecule has 4 aromatic rings. The van der Waals surface area contributed by atoms with Gasteiger partial charge in [-0.1, -0.05) is 78.4 Å². The molecular formula is C42H50N2O6. The highest BCUT2D eigenvalue weighted by Gasteiger charge is 2.17. The molecular weight excluding hydrogens is 628 g/mol. The molecule has 2 aliphatic rings. The molecule has 0 aliphatic carbocycles. The highest BCUT2D eigenvalue weighted by Crippen LogP contribution is 2.27. The van der Waals surface area contributed by atoms with Crippen LogP contribution in [0.1, 0.15) is 50.9 Å². The van der Waals surface area contributed by atoms with Gasteiger partial charge >= 0.3 is 0 Å². The van der Waals surface area contributed by atoms with Crippen LogP contribution in [0.15, 0.2) is 84.9 Å². The summed E-state index contributed by atoms with van der Waals surface area (Å²) in [4.78, 5) is 17.3. The van der Waals surface area contributed by atoms with Crippen LogP contribution in [0.5, 0.6) is 11.5 Å². The minimum absolute atomic E-state index is 0.0674. The number of carbonyl (C=O) groups is 1. The Labute approximate surface area is 296 Å². The Morgan fingerprint density at radius 3 is 2.00 bits per heavy atom. The number of ether oxygens (including phenoxy) is 5. The van der Waals surface area contributed by atoms with Gasteiger partial charge in [-0.25, -0.2) is 0 Å². The maximum Gasteiger partial charge on any atom is 0.225 e. The highest BCUT2D eigenvalue weighted by atomic mass is 16.5. The van der Waals surface area contributed by atoms with E-state index in [-0.39, 0.29) is 5.91 Å². The molecule has 6 rings (SSSR count). The van der Waals surface area contributed by atoms with Crippen molar-refractivity contribution in [2.45, 2.75) is 45.8 Å². The van der Waals surface area contributed by atoms with Gasteiger partial charge in [0.2, 0.25) is 5.91 Å². The van der Waals surface area contributed by atoms with Crippen molar-refractivity contribution < 1.29 is 28.5 Å². The Balaban J connectivity index is 1.21. The van der Waals surface area contributed by atoms with Gasteiger partial charge in [0.1, 0.15) is 24.7 Å². The molecule has 8 heteroatoms. The Kier molecular flexibility index (Phi) is 12.9. The topological polar surface area (TPSA) is 69.7 Å². The normalized spacial score (nSPS) is 16.5. The van der Waals surface area contributed by atoms with Gasteiger partial charge in [-0.05, 0) is 58.0 Å². The van der Waals surface area contributed by atoms with Crippen molar-refractivity contribution in [3.05, 3.63) is 129 Å². The first-order valence-electron chi connectivity index (χ1n) is 17.8. The first-order valence-corrected chi connectivity index (χ1v) is 17.8. The fraction of sp³-hybridized carbons (Fsp3) is 0.405. The fourth-order valence-corrected chi connectivity index (χ4v) is 6.70. The number of fused-ring (bicyclic) bond motifs is 6. The molecule has 2 heterocycles. The maximum absolute atomic E-state index is 12.9. The highest BCUT2D eigenvalue weighted by molar-refractivity contribution is 5.76. The molecule has 0 saturated heterocycles. The van der Waals surface area contributed by atoms with E-state index in [0.717, 1.165) is 55.1 Å². The van der Waals surface area contributed by atoms with Gasteiger partial charge in [0.25, 0.3) is 0 Å². The Morgan fingerprint density at radius 1 is 0.680 bits per heavy atom. The number of amides is 1. The molecule has 0 N–H and O–H groups in total. The van der Waals surface area contributed by atoms with Crippen LogP contribution in [0.25, 0.3) is 0 Å². The Morgan fingerprint density at radius 2 is 1.30 bits per heavy atom. The first kappa shape index (κ1) is 35.6. The van der Waals surface area contributed by atoms with Gasteiger partial charge in [0, 0.05) is 52.7 Å². The van der Waals surface area contributed by atoms with Crippen LogP contribution in [-0.4, -0.2) is 82.2 Å². The van der Waals surface area contributed by atoms with Crippen molar-refractivity contribution in [1.29, 1.82) is 0 Å². The van der Waals surface area contributed by atoms with Gasteiger partial charge in [-0.2, -0.15) is 0 Å². The predicted octanol–water partition coefficient (Wildman–Crippen LogP) is 6.36. The second-order valence-corrected chi connectivity index (χ2v) is 13.2. The van der Waals surface area contributed by atoms with Crippen LogP contribution in [0.2, 0.25) is 0 Å². The minimum atomic E-state index is 0.0674. The summed E-state index contributed by atoms with van der Waals surface area (Å²) in [6.07, 6.45) is 1.90. The molecule has 0 spiro atoms. The molecule has 264 valence electrons. The molecule has 0 radical (unpaired) electrons. The van der Waals surface area contributed by atoms with Crippen LogP contribution >= 0.6 is 0 Å². The van der Waals surface area contributed by atoms with E-state index in [1.54, 1.807) is 7.11 Å². The van der Waals surface area contributed by atoms with Gasteiger partial charge in [0.05, 0.1) is 39.5 Å². The molecule has 8 nitrogen and oxygen atoms in total. The zero-order valence-electron chi connectivity index (χ0n) is 29.5. The largest absolute Gasteiger partial charge is 0.491 e. The number of benzene rings is 4. The molecule has 1 amide bonds. The summed E-state index contributed by atoms with van der Waals surface area (Å²) in [5.41, 5.74) is 9.64. The third kappa shape index (κ3) is 10.4.